The molecule has 1 saturated carbocycles. The van der Waals surface area contributed by atoms with Gasteiger partial charge in [0.25, 0.3) is 5.91 Å². The number of aliphatic hydroxyl groups excluding tert-OH is 1. The maximum atomic E-state index is 11.9. The van der Waals surface area contributed by atoms with Gasteiger partial charge in [0.2, 0.25) is 0 Å². The smallest absolute Gasteiger partial charge is 0.272 e. The van der Waals surface area contributed by atoms with Gasteiger partial charge in [-0.3, -0.25) is 4.79 Å². The van der Waals surface area contributed by atoms with Crippen molar-refractivity contribution in [3.8, 4) is 0 Å². The van der Waals surface area contributed by atoms with E-state index >= 15 is 0 Å². The number of aliphatic hydroxyl groups is 1. The standard InChI is InChI=1S/C11H13N3O2/c15-8-5-14(6-8)11(16)9-3-4-12-10(13-9)7-1-2-7/h3-4,7-8,15H,1-2,5-6H2. The van der Waals surface area contributed by atoms with Crippen LogP contribution in [0.2, 0.25) is 0 Å². The Morgan fingerprint density at radius 3 is 2.81 bits per heavy atom. The van der Waals surface area contributed by atoms with E-state index in [1.807, 2.05) is 0 Å². The van der Waals surface area contributed by atoms with E-state index in [9.17, 15) is 4.79 Å². The highest BCUT2D eigenvalue weighted by atomic mass is 16.3. The first-order valence-electron chi connectivity index (χ1n) is 5.54. The first-order chi connectivity index (χ1) is 7.74. The summed E-state index contributed by atoms with van der Waals surface area (Å²) in [5.74, 6) is 1.14. The van der Waals surface area contributed by atoms with Crippen LogP contribution in [0.1, 0.15) is 35.1 Å². The van der Waals surface area contributed by atoms with Crippen LogP contribution in [-0.4, -0.2) is 45.1 Å². The molecule has 1 amide bonds. The van der Waals surface area contributed by atoms with Gasteiger partial charge in [-0.05, 0) is 18.9 Å². The molecular formula is C11H13N3O2. The van der Waals surface area contributed by atoms with Gasteiger partial charge in [-0.15, -0.1) is 0 Å². The van der Waals surface area contributed by atoms with Crippen molar-refractivity contribution < 1.29 is 9.90 Å². The fraction of sp³-hybridized carbons (Fsp3) is 0.545. The van der Waals surface area contributed by atoms with Crippen LogP contribution in [0.5, 0.6) is 0 Å². The third kappa shape index (κ3) is 1.67. The molecule has 5 heteroatoms. The van der Waals surface area contributed by atoms with Crippen LogP contribution in [0.25, 0.3) is 0 Å². The highest BCUT2D eigenvalue weighted by molar-refractivity contribution is 5.92. The van der Waals surface area contributed by atoms with Crippen molar-refractivity contribution in [3.05, 3.63) is 23.8 Å². The number of hydrogen-bond donors (Lipinski definition) is 1. The lowest BCUT2D eigenvalue weighted by Gasteiger charge is -2.35. The number of carbonyl (C=O) groups excluding carboxylic acids is 1. The molecule has 2 heterocycles. The number of aromatic nitrogens is 2. The molecule has 5 nitrogen and oxygen atoms in total. The molecule has 1 aromatic heterocycles. The minimum absolute atomic E-state index is 0.102. The Kier molecular flexibility index (Phi) is 2.14. The number of nitrogens with zero attached hydrogens (tertiary/aromatic N) is 3. The van der Waals surface area contributed by atoms with Crippen LogP contribution >= 0.6 is 0 Å². The van der Waals surface area contributed by atoms with Crippen LogP contribution in [0.15, 0.2) is 12.3 Å². The van der Waals surface area contributed by atoms with Crippen molar-refractivity contribution in [1.82, 2.24) is 14.9 Å². The molecule has 1 N–H and O–H groups in total. The predicted molar refractivity (Wildman–Crippen MR) is 55.9 cm³/mol. The molecule has 0 atom stereocenters. The van der Waals surface area contributed by atoms with Crippen molar-refractivity contribution in [3.63, 3.8) is 0 Å². The minimum Gasteiger partial charge on any atom is -0.389 e. The molecule has 0 unspecified atom stereocenters. The maximum absolute atomic E-state index is 11.9. The van der Waals surface area contributed by atoms with Gasteiger partial charge in [-0.1, -0.05) is 0 Å². The summed E-state index contributed by atoms with van der Waals surface area (Å²) in [6.07, 6.45) is 3.53. The van der Waals surface area contributed by atoms with E-state index in [-0.39, 0.29) is 12.0 Å². The monoisotopic (exact) mass is 219 g/mol. The molecule has 1 aliphatic carbocycles. The molecule has 2 fully saturated rings. The zero-order chi connectivity index (χ0) is 11.1. The van der Waals surface area contributed by atoms with Gasteiger partial charge in [0.1, 0.15) is 11.5 Å². The summed E-state index contributed by atoms with van der Waals surface area (Å²) >= 11 is 0. The Labute approximate surface area is 93.1 Å². The molecule has 1 saturated heterocycles. The Morgan fingerprint density at radius 1 is 1.44 bits per heavy atom. The van der Waals surface area contributed by atoms with E-state index < -0.39 is 0 Å². The molecule has 84 valence electrons. The summed E-state index contributed by atoms with van der Waals surface area (Å²) in [6, 6.07) is 1.64. The van der Waals surface area contributed by atoms with E-state index in [1.54, 1.807) is 17.2 Å². The van der Waals surface area contributed by atoms with Crippen molar-refractivity contribution in [2.24, 2.45) is 0 Å². The number of β-amino-alcohol motifs (C(OH)–C–C–N with tert-alkyl or cyclic N) is 1. The van der Waals surface area contributed by atoms with Crippen LogP contribution in [-0.2, 0) is 0 Å². The van der Waals surface area contributed by atoms with Crippen LogP contribution in [0.4, 0.5) is 0 Å². The van der Waals surface area contributed by atoms with Gasteiger partial charge >= 0.3 is 0 Å². The molecule has 0 bridgehead atoms. The second-order valence-electron chi connectivity index (χ2n) is 4.44. The van der Waals surface area contributed by atoms with E-state index in [0.29, 0.717) is 24.7 Å². The van der Waals surface area contributed by atoms with Gasteiger partial charge in [0.15, 0.2) is 0 Å². The van der Waals surface area contributed by atoms with E-state index in [0.717, 1.165) is 18.7 Å². The highest BCUT2D eigenvalue weighted by Crippen LogP contribution is 2.37. The van der Waals surface area contributed by atoms with E-state index in [1.165, 1.54) is 0 Å². The molecule has 1 aromatic rings. The van der Waals surface area contributed by atoms with Gasteiger partial charge in [0, 0.05) is 25.2 Å². The predicted octanol–water partition coefficient (Wildman–Crippen LogP) is 0.171. The SMILES string of the molecule is O=C(c1ccnc(C2CC2)n1)N1CC(O)C1. The van der Waals surface area contributed by atoms with Crippen molar-refractivity contribution in [2.75, 3.05) is 13.1 Å². The molecule has 0 aromatic carbocycles. The lowest BCUT2D eigenvalue weighted by Crippen LogP contribution is -2.53. The van der Waals surface area contributed by atoms with Crippen LogP contribution in [0, 0.1) is 0 Å². The van der Waals surface area contributed by atoms with Crippen LogP contribution in [0.3, 0.4) is 0 Å². The van der Waals surface area contributed by atoms with Gasteiger partial charge in [-0.25, -0.2) is 9.97 Å². The molecule has 3 rings (SSSR count). The number of rotatable bonds is 2. The topological polar surface area (TPSA) is 66.3 Å². The second-order valence-corrected chi connectivity index (χ2v) is 4.44. The lowest BCUT2D eigenvalue weighted by atomic mass is 10.1. The fourth-order valence-corrected chi connectivity index (χ4v) is 1.81. The zero-order valence-electron chi connectivity index (χ0n) is 8.83. The lowest BCUT2D eigenvalue weighted by molar-refractivity contribution is 0.00547. The molecule has 2 aliphatic rings. The first-order valence-corrected chi connectivity index (χ1v) is 5.54. The second kappa shape index (κ2) is 3.52. The average molecular weight is 219 g/mol. The molecule has 16 heavy (non-hydrogen) atoms. The molecular weight excluding hydrogens is 206 g/mol. The highest BCUT2D eigenvalue weighted by Gasteiger charge is 2.31. The van der Waals surface area contributed by atoms with Gasteiger partial charge in [0.05, 0.1) is 6.10 Å². The summed E-state index contributed by atoms with van der Waals surface area (Å²) in [4.78, 5) is 21.9. The summed E-state index contributed by atoms with van der Waals surface area (Å²) < 4.78 is 0. The third-order valence-corrected chi connectivity index (χ3v) is 2.99. The quantitative estimate of drug-likeness (QED) is 0.770. The first kappa shape index (κ1) is 9.72. The number of carbonyl (C=O) groups is 1. The maximum Gasteiger partial charge on any atom is 0.272 e. The average Bonchev–Trinajstić information content (AvgIpc) is 3.08. The number of hydrogen-bond acceptors (Lipinski definition) is 4. The number of likely N-dealkylation sites (tertiary alicyclic amines) is 1. The summed E-state index contributed by atoms with van der Waals surface area (Å²) in [5, 5.41) is 9.14. The summed E-state index contributed by atoms with van der Waals surface area (Å²) in [7, 11) is 0. The normalized spacial score (nSPS) is 20.7. The molecule has 1 aliphatic heterocycles. The molecule has 0 radical (unpaired) electrons. The largest absolute Gasteiger partial charge is 0.389 e. The minimum atomic E-state index is -0.367. The number of amides is 1. The Balaban J connectivity index is 1.77. The van der Waals surface area contributed by atoms with E-state index in [2.05, 4.69) is 9.97 Å². The third-order valence-electron chi connectivity index (χ3n) is 2.99. The van der Waals surface area contributed by atoms with Gasteiger partial charge < -0.3 is 10.0 Å². The Bertz CT molecular complexity index is 425. The zero-order valence-corrected chi connectivity index (χ0v) is 8.83. The van der Waals surface area contributed by atoms with Crippen molar-refractivity contribution in [2.45, 2.75) is 24.9 Å². The summed E-state index contributed by atoms with van der Waals surface area (Å²) in [5.41, 5.74) is 0.448. The van der Waals surface area contributed by atoms with Crippen LogP contribution < -0.4 is 0 Å². The van der Waals surface area contributed by atoms with Gasteiger partial charge in [-0.2, -0.15) is 0 Å². The Hall–Kier alpha value is -1.49. The molecule has 0 spiro atoms. The van der Waals surface area contributed by atoms with E-state index in [4.69, 9.17) is 5.11 Å². The van der Waals surface area contributed by atoms with Crippen molar-refractivity contribution in [1.29, 1.82) is 0 Å². The van der Waals surface area contributed by atoms with Crippen molar-refractivity contribution >= 4 is 5.91 Å². The summed E-state index contributed by atoms with van der Waals surface area (Å²) in [6.45, 7) is 0.837. The Morgan fingerprint density at radius 2 is 2.19 bits per heavy atom. The fourth-order valence-electron chi connectivity index (χ4n) is 1.81.